The molecule has 192 valence electrons. The van der Waals surface area contributed by atoms with Gasteiger partial charge in [-0.3, -0.25) is 9.88 Å². The highest BCUT2D eigenvalue weighted by molar-refractivity contribution is 7.99. The molecule has 1 aromatic heterocycles. The van der Waals surface area contributed by atoms with Crippen LogP contribution in [0.4, 0.5) is 4.79 Å². The Morgan fingerprint density at radius 1 is 1.31 bits per heavy atom. The van der Waals surface area contributed by atoms with E-state index in [4.69, 9.17) is 15.2 Å². The van der Waals surface area contributed by atoms with Gasteiger partial charge in [0.1, 0.15) is 11.9 Å². The first kappa shape index (κ1) is 26.0. The highest BCUT2D eigenvalue weighted by atomic mass is 32.2. The monoisotopic (exact) mass is 500 g/mol. The van der Waals surface area contributed by atoms with Crippen LogP contribution in [0.2, 0.25) is 0 Å². The zero-order valence-corrected chi connectivity index (χ0v) is 22.3. The molecule has 8 heteroatoms. The van der Waals surface area contributed by atoms with Crippen molar-refractivity contribution in [3.63, 3.8) is 0 Å². The molecule has 2 aromatic rings. The molecule has 0 radical (unpaired) electrons. The van der Waals surface area contributed by atoms with Crippen molar-refractivity contribution in [1.82, 2.24) is 15.2 Å². The molecular weight excluding hydrogens is 460 g/mol. The number of carbonyl (C=O) groups is 1. The number of amides is 1. The number of aromatic nitrogens is 1. The van der Waals surface area contributed by atoms with Gasteiger partial charge in [-0.15, -0.1) is 0 Å². The van der Waals surface area contributed by atoms with Crippen LogP contribution in [0.25, 0.3) is 10.9 Å². The summed E-state index contributed by atoms with van der Waals surface area (Å²) in [6, 6.07) is 8.03. The minimum atomic E-state index is -0.384. The molecular formula is C27H40N4O3S. The molecule has 1 aromatic carbocycles. The summed E-state index contributed by atoms with van der Waals surface area (Å²) < 4.78 is 11.8. The number of pyridine rings is 1. The lowest BCUT2D eigenvalue weighted by Crippen LogP contribution is -2.56. The topological polar surface area (TPSA) is 89.7 Å². The van der Waals surface area contributed by atoms with E-state index in [1.807, 2.05) is 63.0 Å². The van der Waals surface area contributed by atoms with Crippen LogP contribution in [0.3, 0.4) is 0 Å². The predicted octanol–water partition coefficient (Wildman–Crippen LogP) is 4.60. The summed E-state index contributed by atoms with van der Waals surface area (Å²) in [7, 11) is 1.67. The van der Waals surface area contributed by atoms with Gasteiger partial charge in [-0.2, -0.15) is 11.8 Å². The number of nitrogens with one attached hydrogen (secondary N) is 1. The SMILES string of the molecule is COc1ccc2nccc([C@@H](OC(=O)NC(C)(C)C)[C@@H]3C[C@@H]4CCN3C[C@@H]4CCSCCN)c2c1. The molecule has 3 N–H and O–H groups in total. The van der Waals surface area contributed by atoms with Crippen molar-refractivity contribution in [3.05, 3.63) is 36.0 Å². The van der Waals surface area contributed by atoms with Crippen molar-refractivity contribution in [3.8, 4) is 5.75 Å². The molecule has 35 heavy (non-hydrogen) atoms. The molecule has 7 nitrogen and oxygen atoms in total. The molecule has 0 spiro atoms. The Kier molecular flexibility index (Phi) is 8.45. The van der Waals surface area contributed by atoms with Gasteiger partial charge in [-0.05, 0) is 88.4 Å². The number of benzene rings is 1. The number of ether oxygens (including phenoxy) is 2. The Balaban J connectivity index is 1.62. The summed E-state index contributed by atoms with van der Waals surface area (Å²) in [5.74, 6) is 4.32. The quantitative estimate of drug-likeness (QED) is 0.486. The summed E-state index contributed by atoms with van der Waals surface area (Å²) in [6.07, 6.45) is 4.53. The van der Waals surface area contributed by atoms with Crippen LogP contribution >= 0.6 is 11.8 Å². The van der Waals surface area contributed by atoms with E-state index < -0.39 is 0 Å². The Morgan fingerprint density at radius 3 is 2.83 bits per heavy atom. The lowest BCUT2D eigenvalue weighted by molar-refractivity contribution is -0.0609. The normalized spacial score (nSPS) is 24.8. The van der Waals surface area contributed by atoms with E-state index in [1.54, 1.807) is 7.11 Å². The fourth-order valence-electron chi connectivity index (χ4n) is 5.56. The molecule has 1 unspecified atom stereocenters. The van der Waals surface area contributed by atoms with E-state index >= 15 is 0 Å². The highest BCUT2D eigenvalue weighted by Crippen LogP contribution is 2.44. The smallest absolute Gasteiger partial charge is 0.408 e. The third-order valence-corrected chi connectivity index (χ3v) is 8.23. The third-order valence-electron chi connectivity index (χ3n) is 7.18. The number of hydrogen-bond donors (Lipinski definition) is 2. The van der Waals surface area contributed by atoms with E-state index in [0.29, 0.717) is 11.8 Å². The van der Waals surface area contributed by atoms with Gasteiger partial charge in [0.2, 0.25) is 0 Å². The minimum Gasteiger partial charge on any atom is -0.497 e. The number of piperidine rings is 3. The van der Waals surface area contributed by atoms with E-state index in [2.05, 4.69) is 15.2 Å². The maximum atomic E-state index is 13.0. The number of fused-ring (bicyclic) bond motifs is 4. The van der Waals surface area contributed by atoms with Crippen molar-refractivity contribution in [2.75, 3.05) is 38.2 Å². The molecule has 2 bridgehead atoms. The van der Waals surface area contributed by atoms with Gasteiger partial charge in [-0.25, -0.2) is 4.79 Å². The maximum Gasteiger partial charge on any atom is 0.408 e. The predicted molar refractivity (Wildman–Crippen MR) is 143 cm³/mol. The number of alkyl carbamates (subject to hydrolysis) is 1. The molecule has 3 aliphatic rings. The van der Waals surface area contributed by atoms with Crippen LogP contribution in [0.1, 0.15) is 51.7 Å². The molecule has 0 saturated carbocycles. The lowest BCUT2D eigenvalue weighted by Gasteiger charge is -2.52. The van der Waals surface area contributed by atoms with Crippen LogP contribution in [-0.4, -0.2) is 65.8 Å². The zero-order chi connectivity index (χ0) is 25.0. The molecule has 3 saturated heterocycles. The van der Waals surface area contributed by atoms with E-state index in [-0.39, 0.29) is 23.8 Å². The Hall–Kier alpha value is -2.03. The first-order chi connectivity index (χ1) is 16.8. The molecule has 5 rings (SSSR count). The number of thioether (sulfide) groups is 1. The van der Waals surface area contributed by atoms with E-state index in [9.17, 15) is 4.79 Å². The Bertz CT molecular complexity index is 1010. The van der Waals surface area contributed by atoms with Crippen molar-refractivity contribution in [2.24, 2.45) is 17.6 Å². The number of rotatable bonds is 9. The summed E-state index contributed by atoms with van der Waals surface area (Å²) in [5.41, 5.74) is 7.16. The summed E-state index contributed by atoms with van der Waals surface area (Å²) >= 11 is 1.96. The van der Waals surface area contributed by atoms with Crippen molar-refractivity contribution < 1.29 is 14.3 Å². The average Bonchev–Trinajstić information content (AvgIpc) is 2.84. The van der Waals surface area contributed by atoms with Crippen LogP contribution < -0.4 is 15.8 Å². The molecule has 3 fully saturated rings. The molecule has 3 aliphatic heterocycles. The minimum absolute atomic E-state index is 0.143. The fraction of sp³-hybridized carbons (Fsp3) is 0.630. The van der Waals surface area contributed by atoms with Gasteiger partial charge in [0, 0.05) is 41.5 Å². The van der Waals surface area contributed by atoms with Gasteiger partial charge >= 0.3 is 6.09 Å². The lowest BCUT2D eigenvalue weighted by atomic mass is 9.72. The average molecular weight is 501 g/mol. The fourth-order valence-corrected chi connectivity index (χ4v) is 6.40. The third kappa shape index (κ3) is 6.40. The van der Waals surface area contributed by atoms with Gasteiger partial charge < -0.3 is 20.5 Å². The second-order valence-corrected chi connectivity index (χ2v) is 12.0. The van der Waals surface area contributed by atoms with Crippen LogP contribution in [0.15, 0.2) is 30.5 Å². The van der Waals surface area contributed by atoms with Crippen LogP contribution in [-0.2, 0) is 4.74 Å². The van der Waals surface area contributed by atoms with E-state index in [0.717, 1.165) is 54.0 Å². The number of nitrogens with two attached hydrogens (primary N) is 1. The Morgan fingerprint density at radius 2 is 2.14 bits per heavy atom. The molecule has 1 amide bonds. The van der Waals surface area contributed by atoms with Gasteiger partial charge in [0.15, 0.2) is 0 Å². The van der Waals surface area contributed by atoms with Crippen LogP contribution in [0.5, 0.6) is 5.75 Å². The van der Waals surface area contributed by atoms with Crippen molar-refractivity contribution in [2.45, 2.75) is 57.7 Å². The first-order valence-electron chi connectivity index (χ1n) is 12.7. The van der Waals surface area contributed by atoms with Gasteiger partial charge in [0.05, 0.1) is 18.7 Å². The standard InChI is InChI=1S/C27H40N4O3S/c1-27(2,3)30-26(32)34-25(21-7-11-29-23-6-5-20(33-4)16-22(21)23)24-15-18-8-12-31(24)17-19(18)9-13-35-14-10-28/h5-7,11,16,18-19,24-25H,8-10,12-15,17,28H2,1-4H3,(H,30,32)/t18-,19-,24-,25+/m0/s1. The molecule has 4 heterocycles. The number of methoxy groups -OCH3 is 1. The zero-order valence-electron chi connectivity index (χ0n) is 21.5. The number of hydrogen-bond acceptors (Lipinski definition) is 7. The Labute approximate surface area is 213 Å². The van der Waals surface area contributed by atoms with E-state index in [1.165, 1.54) is 18.6 Å². The van der Waals surface area contributed by atoms with Crippen LogP contribution in [0, 0.1) is 11.8 Å². The highest BCUT2D eigenvalue weighted by Gasteiger charge is 2.45. The first-order valence-corrected chi connectivity index (χ1v) is 13.9. The van der Waals surface area contributed by atoms with Gasteiger partial charge in [0.25, 0.3) is 0 Å². The van der Waals surface area contributed by atoms with Crippen molar-refractivity contribution in [1.29, 1.82) is 0 Å². The van der Waals surface area contributed by atoms with Crippen molar-refractivity contribution >= 4 is 28.8 Å². The molecule has 5 atom stereocenters. The summed E-state index contributed by atoms with van der Waals surface area (Å²) in [4.78, 5) is 20.1. The second-order valence-electron chi connectivity index (χ2n) is 10.8. The maximum absolute atomic E-state index is 13.0. The second kappa shape index (κ2) is 11.4. The summed E-state index contributed by atoms with van der Waals surface area (Å²) in [5, 5.41) is 3.96. The number of nitrogens with zero attached hydrogens (tertiary/aromatic N) is 2. The largest absolute Gasteiger partial charge is 0.497 e. The molecule has 0 aliphatic carbocycles. The van der Waals surface area contributed by atoms with Gasteiger partial charge in [-0.1, -0.05) is 0 Å². The number of carbonyl (C=O) groups excluding carboxylic acids is 1. The summed E-state index contributed by atoms with van der Waals surface area (Å²) in [6.45, 7) is 8.76.